The van der Waals surface area contributed by atoms with Crippen molar-refractivity contribution in [3.63, 3.8) is 0 Å². The summed E-state index contributed by atoms with van der Waals surface area (Å²) in [5.74, 6) is 0.380. The van der Waals surface area contributed by atoms with E-state index < -0.39 is 0 Å². The number of aliphatic hydroxyl groups excluding tert-OH is 1. The van der Waals surface area contributed by atoms with Crippen LogP contribution in [0.5, 0.6) is 0 Å². The number of nitrogens with zero attached hydrogens (tertiary/aromatic N) is 1. The van der Waals surface area contributed by atoms with Crippen LogP contribution >= 0.6 is 11.3 Å². The lowest BCUT2D eigenvalue weighted by Gasteiger charge is -2.16. The van der Waals surface area contributed by atoms with Gasteiger partial charge >= 0.3 is 0 Å². The third kappa shape index (κ3) is 2.57. The first-order valence-corrected chi connectivity index (χ1v) is 5.17. The molecular formula is C9H15NOS. The zero-order valence-electron chi connectivity index (χ0n) is 7.53. The number of hydrogen-bond acceptors (Lipinski definition) is 3. The Morgan fingerprint density at radius 1 is 1.67 bits per heavy atom. The van der Waals surface area contributed by atoms with E-state index in [1.165, 1.54) is 4.88 Å². The summed E-state index contributed by atoms with van der Waals surface area (Å²) in [6.07, 6.45) is 3.65. The first kappa shape index (κ1) is 9.68. The number of aliphatic hydroxyl groups is 1. The van der Waals surface area contributed by atoms with Crippen molar-refractivity contribution in [2.24, 2.45) is 5.92 Å². The molecule has 1 heterocycles. The van der Waals surface area contributed by atoms with E-state index >= 15 is 0 Å². The monoisotopic (exact) mass is 185 g/mol. The topological polar surface area (TPSA) is 33.1 Å². The molecule has 0 saturated heterocycles. The summed E-state index contributed by atoms with van der Waals surface area (Å²) < 4.78 is 0. The van der Waals surface area contributed by atoms with Crippen molar-refractivity contribution in [3.8, 4) is 0 Å². The molecule has 1 N–H and O–H groups in total. The summed E-state index contributed by atoms with van der Waals surface area (Å²) in [5.41, 5.74) is 1.84. The standard InChI is InChI=1S/C9H15NOS/c1-3-8(7(2)11)4-9-5-10-6-12-9/h5-8,11H,3-4H2,1-2H3. The fourth-order valence-electron chi connectivity index (χ4n) is 1.26. The van der Waals surface area contributed by atoms with Crippen LogP contribution < -0.4 is 0 Å². The van der Waals surface area contributed by atoms with Crippen LogP contribution in [0.15, 0.2) is 11.7 Å². The van der Waals surface area contributed by atoms with Crippen LogP contribution in [0.25, 0.3) is 0 Å². The highest BCUT2D eigenvalue weighted by Crippen LogP contribution is 2.18. The molecule has 0 amide bonds. The molecular weight excluding hydrogens is 170 g/mol. The molecule has 0 radical (unpaired) electrons. The summed E-state index contributed by atoms with van der Waals surface area (Å²) in [6, 6.07) is 0. The maximum atomic E-state index is 9.40. The molecule has 0 aliphatic heterocycles. The minimum Gasteiger partial charge on any atom is -0.393 e. The van der Waals surface area contributed by atoms with Crippen LogP contribution in [0, 0.1) is 5.92 Å². The van der Waals surface area contributed by atoms with Gasteiger partial charge in [0, 0.05) is 11.1 Å². The third-order valence-electron chi connectivity index (χ3n) is 2.15. The predicted molar refractivity (Wildman–Crippen MR) is 51.3 cm³/mol. The van der Waals surface area contributed by atoms with Crippen LogP contribution in [0.3, 0.4) is 0 Å². The molecule has 3 heteroatoms. The lowest BCUT2D eigenvalue weighted by molar-refractivity contribution is 0.123. The second-order valence-corrected chi connectivity index (χ2v) is 4.05. The van der Waals surface area contributed by atoms with E-state index in [2.05, 4.69) is 11.9 Å². The van der Waals surface area contributed by atoms with Gasteiger partial charge in [0.1, 0.15) is 0 Å². The largest absolute Gasteiger partial charge is 0.393 e. The average molecular weight is 185 g/mol. The highest BCUT2D eigenvalue weighted by molar-refractivity contribution is 7.09. The Labute approximate surface area is 77.3 Å². The van der Waals surface area contributed by atoms with Crippen molar-refractivity contribution in [1.82, 2.24) is 4.98 Å². The van der Waals surface area contributed by atoms with Crippen molar-refractivity contribution < 1.29 is 5.11 Å². The van der Waals surface area contributed by atoms with Gasteiger partial charge in [-0.3, -0.25) is 4.98 Å². The van der Waals surface area contributed by atoms with Crippen molar-refractivity contribution in [1.29, 1.82) is 0 Å². The lowest BCUT2D eigenvalue weighted by atomic mass is 9.96. The van der Waals surface area contributed by atoms with Crippen LogP contribution in [-0.4, -0.2) is 16.2 Å². The SMILES string of the molecule is CCC(Cc1cncs1)C(C)O. The highest BCUT2D eigenvalue weighted by atomic mass is 32.1. The maximum Gasteiger partial charge on any atom is 0.0794 e. The Morgan fingerprint density at radius 3 is 2.83 bits per heavy atom. The van der Waals surface area contributed by atoms with Gasteiger partial charge < -0.3 is 5.11 Å². The van der Waals surface area contributed by atoms with E-state index in [-0.39, 0.29) is 6.10 Å². The second-order valence-electron chi connectivity index (χ2n) is 3.08. The first-order valence-electron chi connectivity index (χ1n) is 4.29. The van der Waals surface area contributed by atoms with Gasteiger partial charge in [0.05, 0.1) is 11.6 Å². The van der Waals surface area contributed by atoms with Crippen LogP contribution in [0.1, 0.15) is 25.1 Å². The van der Waals surface area contributed by atoms with Crippen LogP contribution in [0.4, 0.5) is 0 Å². The normalized spacial score (nSPS) is 15.9. The molecule has 0 spiro atoms. The second kappa shape index (κ2) is 4.58. The molecule has 2 atom stereocenters. The van der Waals surface area contributed by atoms with Crippen molar-refractivity contribution in [2.75, 3.05) is 0 Å². The molecule has 0 aliphatic rings. The quantitative estimate of drug-likeness (QED) is 0.779. The van der Waals surface area contributed by atoms with Gasteiger partial charge in [-0.1, -0.05) is 13.3 Å². The summed E-state index contributed by atoms with van der Waals surface area (Å²) in [4.78, 5) is 5.27. The van der Waals surface area contributed by atoms with Gasteiger partial charge in [-0.25, -0.2) is 0 Å². The Hall–Kier alpha value is -0.410. The first-order chi connectivity index (χ1) is 5.74. The molecule has 0 aromatic carbocycles. The Bertz CT molecular complexity index is 208. The average Bonchev–Trinajstić information content (AvgIpc) is 2.51. The molecule has 1 rings (SSSR count). The van der Waals surface area contributed by atoms with E-state index in [9.17, 15) is 5.11 Å². The fraction of sp³-hybridized carbons (Fsp3) is 0.667. The van der Waals surface area contributed by atoms with E-state index in [4.69, 9.17) is 0 Å². The minimum absolute atomic E-state index is 0.211. The van der Waals surface area contributed by atoms with Gasteiger partial charge in [0.15, 0.2) is 0 Å². The molecule has 68 valence electrons. The Kier molecular flexibility index (Phi) is 3.69. The van der Waals surface area contributed by atoms with Gasteiger partial charge in [0.25, 0.3) is 0 Å². The number of hydrogen-bond donors (Lipinski definition) is 1. The summed E-state index contributed by atoms with van der Waals surface area (Å²) >= 11 is 1.66. The molecule has 2 unspecified atom stereocenters. The fourth-order valence-corrected chi connectivity index (χ4v) is 1.95. The lowest BCUT2D eigenvalue weighted by Crippen LogP contribution is -2.17. The Balaban J connectivity index is 2.48. The van der Waals surface area contributed by atoms with Gasteiger partial charge in [-0.05, 0) is 19.3 Å². The van der Waals surface area contributed by atoms with Gasteiger partial charge in [-0.15, -0.1) is 11.3 Å². The van der Waals surface area contributed by atoms with E-state index in [0.717, 1.165) is 12.8 Å². The molecule has 2 nitrogen and oxygen atoms in total. The maximum absolute atomic E-state index is 9.40. The number of thiazole rings is 1. The van der Waals surface area contributed by atoms with E-state index in [1.54, 1.807) is 11.3 Å². The van der Waals surface area contributed by atoms with E-state index in [1.807, 2.05) is 18.6 Å². The number of rotatable bonds is 4. The van der Waals surface area contributed by atoms with Crippen molar-refractivity contribution in [3.05, 3.63) is 16.6 Å². The van der Waals surface area contributed by atoms with Crippen LogP contribution in [0.2, 0.25) is 0 Å². The summed E-state index contributed by atoms with van der Waals surface area (Å²) in [5, 5.41) is 9.40. The van der Waals surface area contributed by atoms with Crippen molar-refractivity contribution in [2.45, 2.75) is 32.8 Å². The smallest absolute Gasteiger partial charge is 0.0794 e. The highest BCUT2D eigenvalue weighted by Gasteiger charge is 2.13. The van der Waals surface area contributed by atoms with Gasteiger partial charge in [-0.2, -0.15) is 0 Å². The summed E-state index contributed by atoms with van der Waals surface area (Å²) in [7, 11) is 0. The molecule has 1 aromatic heterocycles. The Morgan fingerprint density at radius 2 is 2.42 bits per heavy atom. The van der Waals surface area contributed by atoms with E-state index in [0.29, 0.717) is 5.92 Å². The zero-order chi connectivity index (χ0) is 8.97. The molecule has 1 aromatic rings. The minimum atomic E-state index is -0.211. The molecule has 12 heavy (non-hydrogen) atoms. The molecule has 0 aliphatic carbocycles. The van der Waals surface area contributed by atoms with Crippen molar-refractivity contribution >= 4 is 11.3 Å². The zero-order valence-corrected chi connectivity index (χ0v) is 8.34. The molecule has 0 fully saturated rings. The predicted octanol–water partition coefficient (Wildman–Crippen LogP) is 2.09. The third-order valence-corrected chi connectivity index (χ3v) is 2.96. The van der Waals surface area contributed by atoms with Gasteiger partial charge in [0.2, 0.25) is 0 Å². The molecule has 0 bridgehead atoms. The molecule has 0 saturated carbocycles. The number of aromatic nitrogens is 1. The van der Waals surface area contributed by atoms with Crippen LogP contribution in [-0.2, 0) is 6.42 Å². The summed E-state index contributed by atoms with van der Waals surface area (Å²) in [6.45, 7) is 3.97.